The van der Waals surface area contributed by atoms with E-state index in [2.05, 4.69) is 15.5 Å². The number of amides is 1. The Labute approximate surface area is 128 Å². The fourth-order valence-corrected chi connectivity index (χ4v) is 1.89. The van der Waals surface area contributed by atoms with Crippen LogP contribution in [0.4, 0.5) is 0 Å². The highest BCUT2D eigenvalue weighted by Gasteiger charge is 2.15. The number of hydrogen-bond donors (Lipinski definition) is 1. The predicted octanol–water partition coefficient (Wildman–Crippen LogP) is 2.04. The van der Waals surface area contributed by atoms with E-state index in [-0.39, 0.29) is 5.91 Å². The summed E-state index contributed by atoms with van der Waals surface area (Å²) in [5, 5.41) is 11.2. The maximum absolute atomic E-state index is 12.0. The quantitative estimate of drug-likeness (QED) is 0.886. The van der Waals surface area contributed by atoms with E-state index in [0.717, 1.165) is 6.54 Å². The standard InChI is InChI=1S/C14H17ClN4O2/c1-3-19-9-17-18-13(19)8-16-14(20)10(2)21-12-6-4-11(15)5-7-12/h4-7,9-10H,3,8H2,1-2H3,(H,16,20). The van der Waals surface area contributed by atoms with Crippen LogP contribution >= 0.6 is 11.6 Å². The van der Waals surface area contributed by atoms with Crippen LogP contribution in [0.3, 0.4) is 0 Å². The average Bonchev–Trinajstić information content (AvgIpc) is 2.94. The highest BCUT2D eigenvalue weighted by molar-refractivity contribution is 6.30. The molecule has 2 aromatic rings. The van der Waals surface area contributed by atoms with Crippen molar-refractivity contribution in [2.45, 2.75) is 33.0 Å². The summed E-state index contributed by atoms with van der Waals surface area (Å²) in [4.78, 5) is 12.0. The number of halogens is 1. The highest BCUT2D eigenvalue weighted by atomic mass is 35.5. The molecule has 0 fully saturated rings. The molecule has 1 heterocycles. The van der Waals surface area contributed by atoms with Crippen LogP contribution in [-0.4, -0.2) is 26.8 Å². The van der Waals surface area contributed by atoms with Gasteiger partial charge < -0.3 is 14.6 Å². The Hall–Kier alpha value is -2.08. The van der Waals surface area contributed by atoms with Crippen LogP contribution in [0.5, 0.6) is 5.75 Å². The average molecular weight is 309 g/mol. The van der Waals surface area contributed by atoms with Crippen LogP contribution in [0, 0.1) is 0 Å². The first-order valence-corrected chi connectivity index (χ1v) is 7.04. The lowest BCUT2D eigenvalue weighted by molar-refractivity contribution is -0.127. The van der Waals surface area contributed by atoms with E-state index >= 15 is 0 Å². The van der Waals surface area contributed by atoms with Gasteiger partial charge in [-0.05, 0) is 38.1 Å². The molecule has 1 unspecified atom stereocenters. The molecule has 2 rings (SSSR count). The first-order valence-electron chi connectivity index (χ1n) is 6.66. The molecule has 7 heteroatoms. The topological polar surface area (TPSA) is 69.0 Å². The minimum absolute atomic E-state index is 0.212. The summed E-state index contributed by atoms with van der Waals surface area (Å²) in [5.74, 6) is 1.10. The van der Waals surface area contributed by atoms with Crippen LogP contribution in [0.2, 0.25) is 5.02 Å². The molecule has 0 bridgehead atoms. The number of rotatable bonds is 6. The summed E-state index contributed by atoms with van der Waals surface area (Å²) in [6.07, 6.45) is 1.03. The number of benzene rings is 1. The summed E-state index contributed by atoms with van der Waals surface area (Å²) in [7, 11) is 0. The minimum Gasteiger partial charge on any atom is -0.481 e. The Kier molecular flexibility index (Phi) is 5.16. The maximum Gasteiger partial charge on any atom is 0.261 e. The van der Waals surface area contributed by atoms with Gasteiger partial charge in [0, 0.05) is 11.6 Å². The fraction of sp³-hybridized carbons (Fsp3) is 0.357. The van der Waals surface area contributed by atoms with E-state index in [1.165, 1.54) is 0 Å². The van der Waals surface area contributed by atoms with Gasteiger partial charge in [0.25, 0.3) is 5.91 Å². The van der Waals surface area contributed by atoms with Crippen molar-refractivity contribution in [2.24, 2.45) is 0 Å². The SMILES string of the molecule is CCn1cnnc1CNC(=O)C(C)Oc1ccc(Cl)cc1. The monoisotopic (exact) mass is 308 g/mol. The molecule has 0 saturated carbocycles. The molecule has 1 N–H and O–H groups in total. The second kappa shape index (κ2) is 7.08. The van der Waals surface area contributed by atoms with E-state index < -0.39 is 6.10 Å². The number of ether oxygens (including phenoxy) is 1. The van der Waals surface area contributed by atoms with Crippen molar-refractivity contribution < 1.29 is 9.53 Å². The predicted molar refractivity (Wildman–Crippen MR) is 79.1 cm³/mol. The maximum atomic E-state index is 12.0. The molecule has 1 atom stereocenters. The molecule has 0 spiro atoms. The van der Waals surface area contributed by atoms with Crippen molar-refractivity contribution in [2.75, 3.05) is 0 Å². The zero-order valence-electron chi connectivity index (χ0n) is 11.9. The van der Waals surface area contributed by atoms with Crippen molar-refractivity contribution in [3.8, 4) is 5.75 Å². The zero-order chi connectivity index (χ0) is 15.2. The molecule has 0 radical (unpaired) electrons. The van der Waals surface area contributed by atoms with E-state index in [4.69, 9.17) is 16.3 Å². The molecule has 1 amide bonds. The minimum atomic E-state index is -0.607. The molecule has 0 aliphatic heterocycles. The van der Waals surface area contributed by atoms with Crippen LogP contribution in [0.15, 0.2) is 30.6 Å². The molecule has 6 nitrogen and oxygen atoms in total. The van der Waals surface area contributed by atoms with Gasteiger partial charge >= 0.3 is 0 Å². The summed E-state index contributed by atoms with van der Waals surface area (Å²) >= 11 is 5.80. The Morgan fingerprint density at radius 2 is 2.14 bits per heavy atom. The van der Waals surface area contributed by atoms with Gasteiger partial charge in [-0.15, -0.1) is 10.2 Å². The van der Waals surface area contributed by atoms with Crippen LogP contribution in [0.1, 0.15) is 19.7 Å². The van der Waals surface area contributed by atoms with Gasteiger partial charge in [-0.1, -0.05) is 11.6 Å². The van der Waals surface area contributed by atoms with Crippen molar-refractivity contribution >= 4 is 17.5 Å². The van der Waals surface area contributed by atoms with Gasteiger partial charge in [-0.2, -0.15) is 0 Å². The first-order chi connectivity index (χ1) is 10.1. The van der Waals surface area contributed by atoms with Gasteiger partial charge in [0.05, 0.1) is 6.54 Å². The van der Waals surface area contributed by atoms with Crippen molar-refractivity contribution in [1.82, 2.24) is 20.1 Å². The second-order valence-corrected chi connectivity index (χ2v) is 4.90. The largest absolute Gasteiger partial charge is 0.481 e. The molecule has 1 aromatic heterocycles. The Morgan fingerprint density at radius 1 is 1.43 bits per heavy atom. The number of carbonyl (C=O) groups is 1. The van der Waals surface area contributed by atoms with E-state index in [1.54, 1.807) is 37.5 Å². The number of nitrogens with zero attached hydrogens (tertiary/aromatic N) is 3. The van der Waals surface area contributed by atoms with Crippen LogP contribution < -0.4 is 10.1 Å². The summed E-state index contributed by atoms with van der Waals surface area (Å²) in [6.45, 7) is 4.76. The molecule has 21 heavy (non-hydrogen) atoms. The second-order valence-electron chi connectivity index (χ2n) is 4.46. The lowest BCUT2D eigenvalue weighted by atomic mass is 10.3. The Balaban J connectivity index is 1.86. The number of nitrogens with one attached hydrogen (secondary N) is 1. The lowest BCUT2D eigenvalue weighted by Crippen LogP contribution is -2.36. The highest BCUT2D eigenvalue weighted by Crippen LogP contribution is 2.16. The van der Waals surface area contributed by atoms with Gasteiger partial charge in [0.15, 0.2) is 11.9 Å². The van der Waals surface area contributed by atoms with Gasteiger partial charge in [-0.25, -0.2) is 0 Å². The summed E-state index contributed by atoms with van der Waals surface area (Å²) in [5.41, 5.74) is 0. The van der Waals surface area contributed by atoms with E-state index in [9.17, 15) is 4.79 Å². The summed E-state index contributed by atoms with van der Waals surface area (Å²) < 4.78 is 7.41. The number of aromatic nitrogens is 3. The van der Waals surface area contributed by atoms with Crippen LogP contribution in [-0.2, 0) is 17.9 Å². The van der Waals surface area contributed by atoms with Crippen LogP contribution in [0.25, 0.3) is 0 Å². The number of aryl methyl sites for hydroxylation is 1. The lowest BCUT2D eigenvalue weighted by Gasteiger charge is -2.14. The molecule has 1 aromatic carbocycles. The fourth-order valence-electron chi connectivity index (χ4n) is 1.76. The van der Waals surface area contributed by atoms with Crippen molar-refractivity contribution in [3.63, 3.8) is 0 Å². The van der Waals surface area contributed by atoms with Crippen molar-refractivity contribution in [3.05, 3.63) is 41.4 Å². The molecule has 112 valence electrons. The van der Waals surface area contributed by atoms with Gasteiger partial charge in [0.1, 0.15) is 12.1 Å². The first kappa shape index (κ1) is 15.3. The Morgan fingerprint density at radius 3 is 2.81 bits per heavy atom. The third-order valence-corrected chi connectivity index (χ3v) is 3.20. The number of carbonyl (C=O) groups excluding carboxylic acids is 1. The zero-order valence-corrected chi connectivity index (χ0v) is 12.7. The van der Waals surface area contributed by atoms with Gasteiger partial charge in [-0.3, -0.25) is 4.79 Å². The molecule has 0 aliphatic rings. The smallest absolute Gasteiger partial charge is 0.261 e. The Bertz CT molecular complexity index is 597. The third-order valence-electron chi connectivity index (χ3n) is 2.95. The molecule has 0 saturated heterocycles. The molecular weight excluding hydrogens is 292 g/mol. The number of hydrogen-bond acceptors (Lipinski definition) is 4. The van der Waals surface area contributed by atoms with E-state index in [0.29, 0.717) is 23.1 Å². The normalized spacial score (nSPS) is 12.0. The third kappa shape index (κ3) is 4.19. The van der Waals surface area contributed by atoms with E-state index in [1.807, 2.05) is 11.5 Å². The van der Waals surface area contributed by atoms with Crippen molar-refractivity contribution in [1.29, 1.82) is 0 Å². The summed E-state index contributed by atoms with van der Waals surface area (Å²) in [6, 6.07) is 6.87. The molecular formula is C14H17ClN4O2. The van der Waals surface area contributed by atoms with Gasteiger partial charge in [0.2, 0.25) is 0 Å². The molecule has 0 aliphatic carbocycles.